The summed E-state index contributed by atoms with van der Waals surface area (Å²) in [5, 5.41) is 9.07. The first-order chi connectivity index (χ1) is 8.13. The van der Waals surface area contributed by atoms with E-state index in [2.05, 4.69) is 6.07 Å². The first kappa shape index (κ1) is 13.5. The summed E-state index contributed by atoms with van der Waals surface area (Å²) in [5.74, 6) is -0.0779. The molecule has 0 radical (unpaired) electrons. The van der Waals surface area contributed by atoms with Crippen molar-refractivity contribution < 1.29 is 9.53 Å². The fourth-order valence-corrected chi connectivity index (χ4v) is 1.95. The molecule has 1 aromatic carbocycles. The molecule has 0 unspecified atom stereocenters. The minimum Gasteiger partial charge on any atom is -0.466 e. The van der Waals surface area contributed by atoms with Crippen LogP contribution in [-0.4, -0.2) is 12.6 Å². The van der Waals surface area contributed by atoms with E-state index >= 15 is 0 Å². The highest BCUT2D eigenvalue weighted by Gasteiger charge is 2.13. The lowest BCUT2D eigenvalue weighted by molar-refractivity contribution is -0.142. The van der Waals surface area contributed by atoms with Crippen LogP contribution in [-0.2, 0) is 21.8 Å². The van der Waals surface area contributed by atoms with Gasteiger partial charge in [0.05, 0.1) is 24.7 Å². The third-order valence-electron chi connectivity index (χ3n) is 2.50. The smallest absolute Gasteiger partial charge is 0.310 e. The van der Waals surface area contributed by atoms with Crippen LogP contribution in [0.4, 0.5) is 0 Å². The Morgan fingerprint density at radius 2 is 2.24 bits per heavy atom. The first-order valence-electron chi connectivity index (χ1n) is 5.37. The number of nitrogens with zero attached hydrogens (tertiary/aromatic N) is 1. The van der Waals surface area contributed by atoms with Crippen molar-refractivity contribution in [2.75, 3.05) is 6.61 Å². The van der Waals surface area contributed by atoms with Gasteiger partial charge in [-0.25, -0.2) is 0 Å². The zero-order valence-corrected chi connectivity index (χ0v) is 10.7. The molecule has 0 amide bonds. The Bertz CT molecular complexity index is 463. The van der Waals surface area contributed by atoms with Gasteiger partial charge in [-0.05, 0) is 30.5 Å². The van der Waals surface area contributed by atoms with Crippen LogP contribution in [0, 0.1) is 18.3 Å². The molecule has 0 aromatic heterocycles. The number of carbonyl (C=O) groups is 1. The van der Waals surface area contributed by atoms with Gasteiger partial charge in [-0.3, -0.25) is 4.79 Å². The van der Waals surface area contributed by atoms with Gasteiger partial charge in [-0.1, -0.05) is 12.1 Å². The summed E-state index contributed by atoms with van der Waals surface area (Å²) < 4.78 is 4.88. The number of alkyl halides is 1. The predicted octanol–water partition coefficient (Wildman–Crippen LogP) is 2.71. The molecule has 0 aliphatic carbocycles. The van der Waals surface area contributed by atoms with E-state index in [1.807, 2.05) is 19.1 Å². The van der Waals surface area contributed by atoms with Crippen LogP contribution in [0.3, 0.4) is 0 Å². The normalized spacial score (nSPS) is 9.76. The minimum atomic E-state index is -0.299. The fourth-order valence-electron chi connectivity index (χ4n) is 1.65. The van der Waals surface area contributed by atoms with E-state index in [1.54, 1.807) is 6.92 Å². The molecule has 90 valence electrons. The van der Waals surface area contributed by atoms with Gasteiger partial charge in [0, 0.05) is 5.88 Å². The largest absolute Gasteiger partial charge is 0.466 e. The first-order valence-corrected chi connectivity index (χ1v) is 5.90. The number of rotatable bonds is 4. The lowest BCUT2D eigenvalue weighted by atomic mass is 9.96. The van der Waals surface area contributed by atoms with Gasteiger partial charge in [0.2, 0.25) is 0 Å². The molecule has 0 spiro atoms. The van der Waals surface area contributed by atoms with E-state index in [0.717, 1.165) is 16.7 Å². The van der Waals surface area contributed by atoms with E-state index in [4.69, 9.17) is 21.6 Å². The number of aryl methyl sites for hydroxylation is 1. The van der Waals surface area contributed by atoms with Crippen LogP contribution in [0.2, 0.25) is 0 Å². The van der Waals surface area contributed by atoms with Gasteiger partial charge in [-0.2, -0.15) is 5.26 Å². The van der Waals surface area contributed by atoms with E-state index in [9.17, 15) is 4.79 Å². The maximum absolute atomic E-state index is 11.4. The second kappa shape index (κ2) is 6.27. The van der Waals surface area contributed by atoms with Gasteiger partial charge in [0.1, 0.15) is 0 Å². The molecule has 0 aliphatic heterocycles. The number of hydrogen-bond donors (Lipinski definition) is 0. The van der Waals surface area contributed by atoms with Crippen LogP contribution in [0.5, 0.6) is 0 Å². The summed E-state index contributed by atoms with van der Waals surface area (Å²) in [6.07, 6.45) is 0.158. The molecule has 1 aromatic rings. The zero-order chi connectivity index (χ0) is 12.8. The van der Waals surface area contributed by atoms with Crippen molar-refractivity contribution in [1.29, 1.82) is 5.26 Å². The van der Waals surface area contributed by atoms with E-state index in [1.165, 1.54) is 0 Å². The molecule has 17 heavy (non-hydrogen) atoms. The molecule has 0 fully saturated rings. The van der Waals surface area contributed by atoms with Crippen LogP contribution in [0.1, 0.15) is 29.2 Å². The predicted molar refractivity (Wildman–Crippen MR) is 65.8 cm³/mol. The molecular weight excluding hydrogens is 238 g/mol. The summed E-state index contributed by atoms with van der Waals surface area (Å²) in [6.45, 7) is 3.96. The van der Waals surface area contributed by atoms with E-state index < -0.39 is 0 Å². The fraction of sp³-hybridized carbons (Fsp3) is 0.385. The van der Waals surface area contributed by atoms with Crippen molar-refractivity contribution in [1.82, 2.24) is 0 Å². The van der Waals surface area contributed by atoms with Gasteiger partial charge < -0.3 is 4.74 Å². The Hall–Kier alpha value is -1.53. The van der Waals surface area contributed by atoms with Gasteiger partial charge in [0.15, 0.2) is 0 Å². The standard InChI is InChI=1S/C13H14ClNO2/c1-3-17-13(16)6-10-5-4-9(2)12(8-15)11(10)7-14/h4-5H,3,6-7H2,1-2H3. The Kier molecular flexibility index (Phi) is 4.99. The van der Waals surface area contributed by atoms with Gasteiger partial charge >= 0.3 is 5.97 Å². The molecule has 4 heteroatoms. The van der Waals surface area contributed by atoms with Crippen LogP contribution in [0.25, 0.3) is 0 Å². The van der Waals surface area contributed by atoms with Crippen LogP contribution < -0.4 is 0 Å². The Labute approximate surface area is 106 Å². The maximum atomic E-state index is 11.4. The molecule has 0 saturated heterocycles. The monoisotopic (exact) mass is 251 g/mol. The van der Waals surface area contributed by atoms with Crippen molar-refractivity contribution in [3.63, 3.8) is 0 Å². The Morgan fingerprint density at radius 3 is 2.76 bits per heavy atom. The summed E-state index contributed by atoms with van der Waals surface area (Å²) >= 11 is 5.85. The van der Waals surface area contributed by atoms with E-state index in [-0.39, 0.29) is 18.3 Å². The SMILES string of the molecule is CCOC(=O)Cc1ccc(C)c(C#N)c1CCl. The summed E-state index contributed by atoms with van der Waals surface area (Å²) in [7, 11) is 0. The van der Waals surface area contributed by atoms with Gasteiger partial charge in [0.25, 0.3) is 0 Å². The molecular formula is C13H14ClNO2. The highest BCUT2D eigenvalue weighted by Crippen LogP contribution is 2.21. The lowest BCUT2D eigenvalue weighted by Gasteiger charge is -2.10. The third kappa shape index (κ3) is 3.21. The number of nitriles is 1. The average Bonchev–Trinajstić information content (AvgIpc) is 2.31. The second-order valence-corrected chi connectivity index (χ2v) is 3.89. The van der Waals surface area contributed by atoms with E-state index in [0.29, 0.717) is 12.2 Å². The summed E-state index contributed by atoms with van der Waals surface area (Å²) in [4.78, 5) is 11.4. The highest BCUT2D eigenvalue weighted by molar-refractivity contribution is 6.17. The second-order valence-electron chi connectivity index (χ2n) is 3.62. The van der Waals surface area contributed by atoms with Crippen molar-refractivity contribution in [2.45, 2.75) is 26.1 Å². The van der Waals surface area contributed by atoms with Crippen LogP contribution in [0.15, 0.2) is 12.1 Å². The topological polar surface area (TPSA) is 50.1 Å². The number of benzene rings is 1. The molecule has 0 N–H and O–H groups in total. The summed E-state index contributed by atoms with van der Waals surface area (Å²) in [6, 6.07) is 5.77. The molecule has 1 rings (SSSR count). The van der Waals surface area contributed by atoms with Crippen molar-refractivity contribution >= 4 is 17.6 Å². The van der Waals surface area contributed by atoms with Crippen LogP contribution >= 0.6 is 11.6 Å². The molecule has 0 bridgehead atoms. The minimum absolute atomic E-state index is 0.158. The number of carbonyl (C=O) groups excluding carboxylic acids is 1. The quantitative estimate of drug-likeness (QED) is 0.611. The lowest BCUT2D eigenvalue weighted by Crippen LogP contribution is -2.10. The van der Waals surface area contributed by atoms with Crippen molar-refractivity contribution in [3.8, 4) is 6.07 Å². The highest BCUT2D eigenvalue weighted by atomic mass is 35.5. The maximum Gasteiger partial charge on any atom is 0.310 e. The number of hydrogen-bond acceptors (Lipinski definition) is 3. The zero-order valence-electron chi connectivity index (χ0n) is 9.92. The van der Waals surface area contributed by atoms with Crippen molar-refractivity contribution in [3.05, 3.63) is 34.4 Å². The Balaban J connectivity index is 3.09. The Morgan fingerprint density at radius 1 is 1.53 bits per heavy atom. The molecule has 3 nitrogen and oxygen atoms in total. The summed E-state index contributed by atoms with van der Waals surface area (Å²) in [5.41, 5.74) is 2.92. The molecule has 0 saturated carbocycles. The number of esters is 1. The molecule has 0 heterocycles. The number of ether oxygens (including phenoxy) is 1. The molecule has 0 aliphatic rings. The number of halogens is 1. The van der Waals surface area contributed by atoms with Crippen molar-refractivity contribution in [2.24, 2.45) is 0 Å². The third-order valence-corrected chi connectivity index (χ3v) is 2.77. The molecule has 0 atom stereocenters. The average molecular weight is 252 g/mol. The van der Waals surface area contributed by atoms with Gasteiger partial charge in [-0.15, -0.1) is 11.6 Å².